The van der Waals surface area contributed by atoms with Crippen LogP contribution < -0.4 is 5.90 Å². The topological polar surface area (TPSA) is 95.9 Å². The number of hydrogen-bond donors (Lipinski definition) is 4. The molecule has 0 saturated carbocycles. The first-order valence-corrected chi connectivity index (χ1v) is 2.51. The van der Waals surface area contributed by atoms with E-state index in [4.69, 9.17) is 15.3 Å². The summed E-state index contributed by atoms with van der Waals surface area (Å²) < 4.78 is 0. The maximum atomic E-state index is 8.70. The fraction of sp³-hybridized carbons (Fsp3) is 1.00. The van der Waals surface area contributed by atoms with Gasteiger partial charge < -0.3 is 20.2 Å². The predicted molar refractivity (Wildman–Crippen MR) is 29.2 cm³/mol. The lowest BCUT2D eigenvalue weighted by molar-refractivity contribution is -0.0574. The van der Waals surface area contributed by atoms with Gasteiger partial charge in [0.25, 0.3) is 0 Å². The molecule has 0 amide bonds. The molecule has 0 radical (unpaired) electrons. The van der Waals surface area contributed by atoms with Gasteiger partial charge in [-0.2, -0.15) is 0 Å². The number of rotatable bonds is 4. The minimum atomic E-state index is -1.17. The fourth-order valence-corrected chi connectivity index (χ4v) is 0.331. The average molecular weight is 137 g/mol. The van der Waals surface area contributed by atoms with E-state index in [9.17, 15) is 0 Å². The highest BCUT2D eigenvalue weighted by Gasteiger charge is 2.13. The van der Waals surface area contributed by atoms with Crippen LogP contribution in [0.2, 0.25) is 0 Å². The third-order valence-electron chi connectivity index (χ3n) is 0.898. The van der Waals surface area contributed by atoms with Crippen LogP contribution in [-0.2, 0) is 4.84 Å². The van der Waals surface area contributed by atoms with Crippen LogP contribution in [-0.4, -0.2) is 40.7 Å². The molecule has 0 fully saturated rings. The van der Waals surface area contributed by atoms with Crippen molar-refractivity contribution in [1.29, 1.82) is 0 Å². The van der Waals surface area contributed by atoms with E-state index < -0.39 is 18.8 Å². The van der Waals surface area contributed by atoms with Gasteiger partial charge in [-0.25, -0.2) is 5.90 Å². The van der Waals surface area contributed by atoms with E-state index >= 15 is 0 Å². The van der Waals surface area contributed by atoms with Crippen LogP contribution in [0.4, 0.5) is 0 Å². The third-order valence-corrected chi connectivity index (χ3v) is 0.898. The van der Waals surface area contributed by atoms with E-state index in [0.717, 1.165) is 0 Å². The summed E-state index contributed by atoms with van der Waals surface area (Å²) in [6, 6.07) is 0. The molecule has 9 heavy (non-hydrogen) atoms. The first-order chi connectivity index (χ1) is 4.22. The largest absolute Gasteiger partial charge is 0.394 e. The smallest absolute Gasteiger partial charge is 0.107 e. The molecule has 0 aromatic rings. The van der Waals surface area contributed by atoms with Gasteiger partial charge in [0.15, 0.2) is 0 Å². The molecule has 5 heteroatoms. The molecule has 0 bridgehead atoms. The minimum absolute atomic E-state index is 0.179. The number of aliphatic hydroxyl groups is 3. The number of hydrogen-bond acceptors (Lipinski definition) is 5. The van der Waals surface area contributed by atoms with E-state index in [2.05, 4.69) is 10.7 Å². The van der Waals surface area contributed by atoms with Crippen molar-refractivity contribution < 1.29 is 20.2 Å². The molecule has 0 spiro atoms. The van der Waals surface area contributed by atoms with E-state index in [-0.39, 0.29) is 6.61 Å². The van der Waals surface area contributed by atoms with Gasteiger partial charge in [-0.1, -0.05) is 0 Å². The summed E-state index contributed by atoms with van der Waals surface area (Å²) in [6.45, 7) is -0.674. The first kappa shape index (κ1) is 8.80. The van der Waals surface area contributed by atoms with Crippen LogP contribution in [0.5, 0.6) is 0 Å². The normalized spacial score (nSPS) is 17.3. The van der Waals surface area contributed by atoms with E-state index in [1.54, 1.807) is 0 Å². The Bertz CT molecular complexity index is 69.6. The molecule has 0 aliphatic carbocycles. The average Bonchev–Trinajstić information content (AvgIpc) is 1.87. The van der Waals surface area contributed by atoms with Crippen LogP contribution in [0.3, 0.4) is 0 Å². The highest BCUT2D eigenvalue weighted by Crippen LogP contribution is 1.90. The molecule has 0 aliphatic rings. The van der Waals surface area contributed by atoms with Crippen molar-refractivity contribution >= 4 is 0 Å². The Hall–Kier alpha value is -0.200. The highest BCUT2D eigenvalue weighted by molar-refractivity contribution is 4.63. The number of aliphatic hydroxyl groups excluding tert-OH is 3. The van der Waals surface area contributed by atoms with Gasteiger partial charge in [0.05, 0.1) is 13.2 Å². The Morgan fingerprint density at radius 2 is 1.89 bits per heavy atom. The van der Waals surface area contributed by atoms with Crippen LogP contribution in [0, 0.1) is 0 Å². The van der Waals surface area contributed by atoms with Crippen molar-refractivity contribution in [2.24, 2.45) is 5.90 Å². The third kappa shape index (κ3) is 3.39. The Kier molecular flexibility index (Phi) is 4.55. The van der Waals surface area contributed by atoms with Gasteiger partial charge in [-0.05, 0) is 0 Å². The van der Waals surface area contributed by atoms with Gasteiger partial charge in [-0.15, -0.1) is 0 Å². The molecule has 0 heterocycles. The molecule has 0 aromatic carbocycles. The predicted octanol–water partition coefficient (Wildman–Crippen LogP) is -2.41. The zero-order valence-corrected chi connectivity index (χ0v) is 4.90. The van der Waals surface area contributed by atoms with Gasteiger partial charge in [0.2, 0.25) is 0 Å². The summed E-state index contributed by atoms with van der Waals surface area (Å²) >= 11 is 0. The Labute approximate surface area is 52.6 Å². The van der Waals surface area contributed by atoms with Crippen molar-refractivity contribution in [2.75, 3.05) is 13.2 Å². The minimum Gasteiger partial charge on any atom is -0.394 e. The van der Waals surface area contributed by atoms with Crippen molar-refractivity contribution in [3.63, 3.8) is 0 Å². The summed E-state index contributed by atoms with van der Waals surface area (Å²) in [5, 5.41) is 25.6. The Morgan fingerprint density at radius 1 is 1.33 bits per heavy atom. The molecule has 0 aliphatic heterocycles. The summed E-state index contributed by atoms with van der Waals surface area (Å²) in [7, 11) is 0. The Morgan fingerprint density at radius 3 is 2.22 bits per heavy atom. The first-order valence-electron chi connectivity index (χ1n) is 2.51. The highest BCUT2D eigenvalue weighted by atomic mass is 16.6. The lowest BCUT2D eigenvalue weighted by Gasteiger charge is -2.12. The molecule has 2 atom stereocenters. The summed E-state index contributed by atoms with van der Waals surface area (Å²) in [5.74, 6) is 4.57. The van der Waals surface area contributed by atoms with Gasteiger partial charge >= 0.3 is 0 Å². The summed E-state index contributed by atoms with van der Waals surface area (Å²) in [6.07, 6.45) is -2.28. The van der Waals surface area contributed by atoms with Crippen LogP contribution in [0.25, 0.3) is 0 Å². The van der Waals surface area contributed by atoms with E-state index in [0.29, 0.717) is 0 Å². The SMILES string of the molecule is NOC[C@@H](O)[C@H](O)CO. The molecule has 0 saturated heterocycles. The van der Waals surface area contributed by atoms with Crippen LogP contribution in [0.1, 0.15) is 0 Å². The standard InChI is InChI=1S/C4H11NO4/c5-9-2-4(8)3(7)1-6/h3-4,6-8H,1-2,5H2/t3-,4-/m1/s1. The molecule has 0 unspecified atom stereocenters. The fourth-order valence-electron chi connectivity index (χ4n) is 0.331. The van der Waals surface area contributed by atoms with Crippen molar-refractivity contribution in [3.05, 3.63) is 0 Å². The lowest BCUT2D eigenvalue weighted by Crippen LogP contribution is -2.34. The zero-order chi connectivity index (χ0) is 7.28. The second-order valence-electron chi connectivity index (χ2n) is 1.65. The zero-order valence-electron chi connectivity index (χ0n) is 4.90. The monoisotopic (exact) mass is 137 g/mol. The molecule has 5 N–H and O–H groups in total. The van der Waals surface area contributed by atoms with E-state index in [1.165, 1.54) is 0 Å². The van der Waals surface area contributed by atoms with Crippen LogP contribution in [0.15, 0.2) is 0 Å². The lowest BCUT2D eigenvalue weighted by atomic mass is 10.2. The second-order valence-corrected chi connectivity index (χ2v) is 1.65. The molecule has 0 aromatic heterocycles. The van der Waals surface area contributed by atoms with Gasteiger partial charge in [0, 0.05) is 0 Å². The molecule has 5 nitrogen and oxygen atoms in total. The van der Waals surface area contributed by atoms with Crippen molar-refractivity contribution in [1.82, 2.24) is 0 Å². The molecular formula is C4H11NO4. The quantitative estimate of drug-likeness (QED) is 0.324. The maximum Gasteiger partial charge on any atom is 0.107 e. The van der Waals surface area contributed by atoms with E-state index in [1.807, 2.05) is 0 Å². The maximum absolute atomic E-state index is 8.70. The summed E-state index contributed by atoms with van der Waals surface area (Å²) in [5.41, 5.74) is 0. The van der Waals surface area contributed by atoms with Crippen molar-refractivity contribution in [2.45, 2.75) is 12.2 Å². The Balaban J connectivity index is 3.32. The van der Waals surface area contributed by atoms with Gasteiger partial charge in [0.1, 0.15) is 12.2 Å². The molecule has 0 rings (SSSR count). The molecule has 56 valence electrons. The second kappa shape index (κ2) is 4.66. The van der Waals surface area contributed by atoms with Gasteiger partial charge in [-0.3, -0.25) is 0 Å². The summed E-state index contributed by atoms with van der Waals surface area (Å²) in [4.78, 5) is 4.01. The number of nitrogens with two attached hydrogens (primary N) is 1. The molecular weight excluding hydrogens is 126 g/mol. The van der Waals surface area contributed by atoms with Crippen molar-refractivity contribution in [3.8, 4) is 0 Å². The van der Waals surface area contributed by atoms with Crippen LogP contribution >= 0.6 is 0 Å².